The van der Waals surface area contributed by atoms with E-state index in [1.807, 2.05) is 78.9 Å². The van der Waals surface area contributed by atoms with Crippen LogP contribution in [0.4, 0.5) is 0 Å². The van der Waals surface area contributed by atoms with E-state index in [0.29, 0.717) is 23.1 Å². The van der Waals surface area contributed by atoms with Crippen LogP contribution >= 0.6 is 11.6 Å². The highest BCUT2D eigenvalue weighted by molar-refractivity contribution is 6.30. The molecule has 0 saturated carbocycles. The second-order valence-corrected chi connectivity index (χ2v) is 9.47. The maximum absolute atomic E-state index is 14.0. The molecule has 0 aliphatic carbocycles. The van der Waals surface area contributed by atoms with Gasteiger partial charge in [-0.3, -0.25) is 9.59 Å². The monoisotopic (exact) mass is 542 g/mol. The van der Waals surface area contributed by atoms with Crippen LogP contribution in [0.2, 0.25) is 5.02 Å². The van der Waals surface area contributed by atoms with Gasteiger partial charge < -0.3 is 19.7 Å². The number of hydrogen-bond acceptors (Lipinski definition) is 4. The Morgan fingerprint density at radius 2 is 1.38 bits per heavy atom. The molecule has 0 heterocycles. The molecule has 0 spiro atoms. The van der Waals surface area contributed by atoms with Crippen molar-refractivity contribution in [3.8, 4) is 11.5 Å². The van der Waals surface area contributed by atoms with Gasteiger partial charge in [-0.2, -0.15) is 0 Å². The number of ether oxygens (including phenoxy) is 2. The predicted octanol–water partition coefficient (Wildman–Crippen LogP) is 5.99. The number of nitrogens with zero attached hydrogens (tertiary/aromatic N) is 1. The van der Waals surface area contributed by atoms with Gasteiger partial charge in [0, 0.05) is 18.1 Å². The summed E-state index contributed by atoms with van der Waals surface area (Å²) in [5, 5.41) is 3.63. The zero-order valence-electron chi connectivity index (χ0n) is 22.0. The molecular weight excluding hydrogens is 512 g/mol. The fourth-order valence-electron chi connectivity index (χ4n) is 4.37. The van der Waals surface area contributed by atoms with E-state index >= 15 is 0 Å². The van der Waals surface area contributed by atoms with Gasteiger partial charge in [-0.15, -0.1) is 0 Å². The fraction of sp³-hybridized carbons (Fsp3) is 0.188. The average Bonchev–Trinajstić information content (AvgIpc) is 2.97. The van der Waals surface area contributed by atoms with Crippen LogP contribution in [0.3, 0.4) is 0 Å². The smallest absolute Gasteiger partial charge is 0.247 e. The largest absolute Gasteiger partial charge is 0.493 e. The molecular formula is C32H31ClN2O4. The van der Waals surface area contributed by atoms with E-state index in [1.165, 1.54) is 0 Å². The van der Waals surface area contributed by atoms with Crippen LogP contribution in [0, 0.1) is 0 Å². The Hall–Kier alpha value is -4.29. The number of benzene rings is 4. The number of carbonyl (C=O) groups excluding carboxylic acids is 2. The standard InChI is InChI=1S/C32H31ClN2O4/c1-38-28-18-15-25(19-29(28)39-2)20-30(36)35(22-24-13-16-27(33)17-14-24)31(26-11-7-4-8-12-26)32(37)34-21-23-9-5-3-6-10-23/h3-19,31H,20-22H2,1-2H3,(H,34,37)/t31-/m0/s1. The molecule has 0 unspecified atom stereocenters. The van der Waals surface area contributed by atoms with Crippen LogP contribution < -0.4 is 14.8 Å². The van der Waals surface area contributed by atoms with E-state index in [4.69, 9.17) is 21.1 Å². The Balaban J connectivity index is 1.68. The quantitative estimate of drug-likeness (QED) is 0.253. The third-order valence-electron chi connectivity index (χ3n) is 6.37. The highest BCUT2D eigenvalue weighted by Gasteiger charge is 2.31. The average molecular weight is 543 g/mol. The Morgan fingerprint density at radius 3 is 2.03 bits per heavy atom. The molecule has 1 N–H and O–H groups in total. The van der Waals surface area contributed by atoms with Crippen LogP contribution in [0.5, 0.6) is 11.5 Å². The maximum atomic E-state index is 14.0. The Morgan fingerprint density at radius 1 is 0.769 bits per heavy atom. The third kappa shape index (κ3) is 7.39. The molecule has 200 valence electrons. The van der Waals surface area contributed by atoms with Crippen molar-refractivity contribution in [2.45, 2.75) is 25.6 Å². The number of hydrogen-bond donors (Lipinski definition) is 1. The fourth-order valence-corrected chi connectivity index (χ4v) is 4.49. The molecule has 0 aliphatic rings. The summed E-state index contributed by atoms with van der Waals surface area (Å²) in [5.41, 5.74) is 3.29. The van der Waals surface area contributed by atoms with Crippen LogP contribution in [0.25, 0.3) is 0 Å². The lowest BCUT2D eigenvalue weighted by molar-refractivity contribution is -0.141. The van der Waals surface area contributed by atoms with Gasteiger partial charge in [0.2, 0.25) is 11.8 Å². The lowest BCUT2D eigenvalue weighted by Gasteiger charge is -2.32. The first-order valence-corrected chi connectivity index (χ1v) is 13.0. The van der Waals surface area contributed by atoms with Crippen LogP contribution in [0.15, 0.2) is 103 Å². The summed E-state index contributed by atoms with van der Waals surface area (Å²) < 4.78 is 10.8. The van der Waals surface area contributed by atoms with Gasteiger partial charge in [-0.1, -0.05) is 90.5 Å². The molecule has 0 radical (unpaired) electrons. The molecule has 0 aliphatic heterocycles. The van der Waals surface area contributed by atoms with Crippen molar-refractivity contribution in [1.82, 2.24) is 10.2 Å². The lowest BCUT2D eigenvalue weighted by atomic mass is 10.0. The van der Waals surface area contributed by atoms with E-state index in [2.05, 4.69) is 5.32 Å². The molecule has 2 amide bonds. The van der Waals surface area contributed by atoms with Crippen LogP contribution in [0.1, 0.15) is 28.3 Å². The van der Waals surface area contributed by atoms with E-state index in [0.717, 1.165) is 22.3 Å². The summed E-state index contributed by atoms with van der Waals surface area (Å²) in [7, 11) is 3.12. The van der Waals surface area contributed by atoms with Crippen molar-refractivity contribution in [1.29, 1.82) is 0 Å². The topological polar surface area (TPSA) is 67.9 Å². The van der Waals surface area contributed by atoms with Crippen molar-refractivity contribution < 1.29 is 19.1 Å². The SMILES string of the molecule is COc1ccc(CC(=O)N(Cc2ccc(Cl)cc2)[C@H](C(=O)NCc2ccccc2)c2ccccc2)cc1OC. The van der Waals surface area contributed by atoms with Crippen molar-refractivity contribution >= 4 is 23.4 Å². The summed E-state index contributed by atoms with van der Waals surface area (Å²) in [5.74, 6) is 0.641. The van der Waals surface area contributed by atoms with Crippen LogP contribution in [-0.2, 0) is 29.1 Å². The summed E-state index contributed by atoms with van der Waals surface area (Å²) in [6, 6.07) is 30.8. The summed E-state index contributed by atoms with van der Waals surface area (Å²) >= 11 is 6.11. The number of rotatable bonds is 11. The molecule has 4 aromatic carbocycles. The third-order valence-corrected chi connectivity index (χ3v) is 6.63. The highest BCUT2D eigenvalue weighted by atomic mass is 35.5. The summed E-state index contributed by atoms with van der Waals surface area (Å²) in [6.45, 7) is 0.573. The van der Waals surface area contributed by atoms with Gasteiger partial charge in [0.05, 0.1) is 20.6 Å². The first-order valence-electron chi connectivity index (χ1n) is 12.6. The van der Waals surface area contributed by atoms with Gasteiger partial charge in [-0.05, 0) is 46.5 Å². The first-order chi connectivity index (χ1) is 19.0. The molecule has 0 fully saturated rings. The van der Waals surface area contributed by atoms with Gasteiger partial charge in [-0.25, -0.2) is 0 Å². The molecule has 1 atom stereocenters. The van der Waals surface area contributed by atoms with E-state index in [1.54, 1.807) is 43.4 Å². The number of nitrogens with one attached hydrogen (secondary N) is 1. The molecule has 39 heavy (non-hydrogen) atoms. The number of halogens is 1. The Bertz CT molecular complexity index is 1380. The lowest BCUT2D eigenvalue weighted by Crippen LogP contribution is -2.43. The zero-order valence-corrected chi connectivity index (χ0v) is 22.7. The Labute approximate surface area is 234 Å². The number of amides is 2. The van der Waals surface area contributed by atoms with Gasteiger partial charge >= 0.3 is 0 Å². The number of methoxy groups -OCH3 is 2. The molecule has 4 aromatic rings. The van der Waals surface area contributed by atoms with Crippen molar-refractivity contribution in [3.05, 3.63) is 130 Å². The van der Waals surface area contributed by atoms with E-state index < -0.39 is 6.04 Å². The second kappa shape index (κ2) is 13.5. The minimum Gasteiger partial charge on any atom is -0.493 e. The zero-order chi connectivity index (χ0) is 27.6. The molecule has 6 nitrogen and oxygen atoms in total. The highest BCUT2D eigenvalue weighted by Crippen LogP contribution is 2.29. The summed E-state index contributed by atoms with van der Waals surface area (Å²) in [6.07, 6.45) is 0.0727. The minimum absolute atomic E-state index is 0.0727. The van der Waals surface area contributed by atoms with E-state index in [9.17, 15) is 9.59 Å². The van der Waals surface area contributed by atoms with Crippen molar-refractivity contribution in [2.24, 2.45) is 0 Å². The molecule has 0 saturated heterocycles. The van der Waals surface area contributed by atoms with Gasteiger partial charge in [0.1, 0.15) is 6.04 Å². The second-order valence-electron chi connectivity index (χ2n) is 9.03. The van der Waals surface area contributed by atoms with Crippen molar-refractivity contribution in [3.63, 3.8) is 0 Å². The molecule has 0 bridgehead atoms. The van der Waals surface area contributed by atoms with Gasteiger partial charge in [0.15, 0.2) is 11.5 Å². The first kappa shape index (κ1) is 27.7. The molecule has 7 heteroatoms. The Kier molecular flexibility index (Phi) is 9.59. The summed E-state index contributed by atoms with van der Waals surface area (Å²) in [4.78, 5) is 29.4. The van der Waals surface area contributed by atoms with Gasteiger partial charge in [0.25, 0.3) is 0 Å². The minimum atomic E-state index is -0.849. The normalized spacial score (nSPS) is 11.4. The predicted molar refractivity (Wildman–Crippen MR) is 153 cm³/mol. The van der Waals surface area contributed by atoms with E-state index in [-0.39, 0.29) is 24.8 Å². The van der Waals surface area contributed by atoms with Crippen molar-refractivity contribution in [2.75, 3.05) is 14.2 Å². The maximum Gasteiger partial charge on any atom is 0.247 e. The van der Waals surface area contributed by atoms with Crippen LogP contribution in [-0.4, -0.2) is 30.9 Å². The number of carbonyl (C=O) groups is 2. The molecule has 4 rings (SSSR count). The molecule has 0 aromatic heterocycles.